The molecule has 0 spiro atoms. The number of rotatable bonds is 2. The van der Waals surface area contributed by atoms with E-state index in [1.165, 1.54) is 23.1 Å². The summed E-state index contributed by atoms with van der Waals surface area (Å²) in [6.45, 7) is 9.38. The standard InChI is InChI=1S/C13H9.C10H15.2ClH.Zr/c1-3-7-12-10(5-1)9-11-6-2-4-8-13(11)12;1-8-6-5-7-9(8)10(2,3)4;;;/h1-5,7-8H,9H2;7H,5H2,1-4H3;2*1H;/q;;;;+2/p-2. The zero-order valence-corrected chi connectivity index (χ0v) is 19.8. The molecule has 0 nitrogen and oxygen atoms in total. The molecule has 0 fully saturated rings. The Kier molecular flexibility index (Phi) is 6.82. The summed E-state index contributed by atoms with van der Waals surface area (Å²) in [5.41, 5.74) is 9.53. The van der Waals surface area contributed by atoms with Crippen LogP contribution in [0.3, 0.4) is 0 Å². The largest absolute Gasteiger partial charge is 1.00 e. The molecule has 0 heterocycles. The second-order valence-electron chi connectivity index (χ2n) is 7.97. The SMILES string of the molecule is CC1=[C]([Zr+2][c]2cccc3c2Cc2ccccc2-3)CC=C1C(C)(C)C.[Cl-].[Cl-]. The van der Waals surface area contributed by atoms with Crippen molar-refractivity contribution in [3.8, 4) is 11.1 Å². The summed E-state index contributed by atoms with van der Waals surface area (Å²) in [5, 5.41) is 0. The number of benzene rings is 2. The summed E-state index contributed by atoms with van der Waals surface area (Å²) in [6.07, 6.45) is 4.82. The van der Waals surface area contributed by atoms with Gasteiger partial charge in [-0.05, 0) is 0 Å². The number of hydrogen-bond acceptors (Lipinski definition) is 0. The summed E-state index contributed by atoms with van der Waals surface area (Å²) in [5.74, 6) is 0. The zero-order valence-electron chi connectivity index (χ0n) is 15.8. The Balaban J connectivity index is 0.00000121. The van der Waals surface area contributed by atoms with Crippen LogP contribution in [0, 0.1) is 5.41 Å². The van der Waals surface area contributed by atoms with Gasteiger partial charge in [0, 0.05) is 0 Å². The third-order valence-electron chi connectivity index (χ3n) is 5.31. The van der Waals surface area contributed by atoms with E-state index in [4.69, 9.17) is 0 Å². The van der Waals surface area contributed by atoms with E-state index in [0.29, 0.717) is 0 Å². The van der Waals surface area contributed by atoms with Gasteiger partial charge in [-0.15, -0.1) is 0 Å². The van der Waals surface area contributed by atoms with Gasteiger partial charge in [0.2, 0.25) is 0 Å². The molecular formula is C23H24Cl2Zr. The van der Waals surface area contributed by atoms with Crippen molar-refractivity contribution in [2.24, 2.45) is 5.41 Å². The molecule has 0 bridgehead atoms. The van der Waals surface area contributed by atoms with Crippen molar-refractivity contribution in [3.05, 3.63) is 74.1 Å². The Morgan fingerprint density at radius 1 is 0.885 bits per heavy atom. The summed E-state index contributed by atoms with van der Waals surface area (Å²) >= 11 is -0.712. The molecule has 134 valence electrons. The molecule has 0 radical (unpaired) electrons. The molecule has 0 unspecified atom stereocenters. The van der Waals surface area contributed by atoms with Gasteiger partial charge < -0.3 is 24.8 Å². The fourth-order valence-electron chi connectivity index (χ4n) is 4.12. The molecule has 2 aliphatic carbocycles. The molecule has 2 aromatic rings. The molecule has 0 atom stereocenters. The van der Waals surface area contributed by atoms with Crippen LogP contribution in [0.4, 0.5) is 0 Å². The predicted molar refractivity (Wildman–Crippen MR) is 99.2 cm³/mol. The topological polar surface area (TPSA) is 0 Å². The Bertz CT molecular complexity index is 885. The smallest absolute Gasteiger partial charge is 1.00 e. The Hall–Kier alpha value is -0.617. The maximum absolute atomic E-state index is 2.49. The fourth-order valence-corrected chi connectivity index (χ4v) is 7.58. The molecule has 3 heteroatoms. The van der Waals surface area contributed by atoms with Crippen LogP contribution in [0.15, 0.2) is 63.0 Å². The molecule has 0 saturated carbocycles. The number of halogens is 2. The third-order valence-corrected chi connectivity index (χ3v) is 9.29. The monoisotopic (exact) mass is 460 g/mol. The average molecular weight is 463 g/mol. The minimum absolute atomic E-state index is 0. The Morgan fingerprint density at radius 3 is 2.27 bits per heavy atom. The van der Waals surface area contributed by atoms with Crippen LogP contribution in [0.25, 0.3) is 11.1 Å². The van der Waals surface area contributed by atoms with Crippen molar-refractivity contribution in [2.45, 2.75) is 40.5 Å². The molecule has 0 amide bonds. The van der Waals surface area contributed by atoms with Crippen LogP contribution < -0.4 is 28.1 Å². The van der Waals surface area contributed by atoms with Gasteiger partial charge in [-0.3, -0.25) is 0 Å². The Morgan fingerprint density at radius 2 is 1.58 bits per heavy atom. The van der Waals surface area contributed by atoms with Crippen LogP contribution in [0.5, 0.6) is 0 Å². The van der Waals surface area contributed by atoms with E-state index in [1.807, 2.05) is 0 Å². The van der Waals surface area contributed by atoms with Crippen molar-refractivity contribution in [1.29, 1.82) is 0 Å². The maximum atomic E-state index is 2.49. The quantitative estimate of drug-likeness (QED) is 0.488. The van der Waals surface area contributed by atoms with Gasteiger partial charge in [0.15, 0.2) is 0 Å². The van der Waals surface area contributed by atoms with E-state index in [9.17, 15) is 0 Å². The first-order chi connectivity index (χ1) is 11.4. The predicted octanol–water partition coefficient (Wildman–Crippen LogP) is -0.376. The van der Waals surface area contributed by atoms with Crippen molar-refractivity contribution in [1.82, 2.24) is 0 Å². The molecule has 0 aliphatic heterocycles. The minimum Gasteiger partial charge on any atom is -1.00 e. The molecule has 2 aromatic carbocycles. The summed E-state index contributed by atoms with van der Waals surface area (Å²) < 4.78 is 3.46. The van der Waals surface area contributed by atoms with E-state index < -0.39 is 23.2 Å². The van der Waals surface area contributed by atoms with Gasteiger partial charge >= 0.3 is 158 Å². The van der Waals surface area contributed by atoms with Crippen molar-refractivity contribution >= 4 is 3.27 Å². The molecule has 26 heavy (non-hydrogen) atoms. The number of allylic oxidation sites excluding steroid dienone is 4. The molecule has 0 aromatic heterocycles. The van der Waals surface area contributed by atoms with Crippen LogP contribution in [-0.2, 0) is 29.7 Å². The molecule has 0 saturated heterocycles. The van der Waals surface area contributed by atoms with Crippen molar-refractivity contribution < 1.29 is 48.0 Å². The second kappa shape index (κ2) is 8.18. The van der Waals surface area contributed by atoms with E-state index in [0.717, 1.165) is 6.42 Å². The van der Waals surface area contributed by atoms with Gasteiger partial charge in [-0.25, -0.2) is 0 Å². The average Bonchev–Trinajstić information content (AvgIpc) is 3.09. The van der Waals surface area contributed by atoms with Crippen LogP contribution in [0.1, 0.15) is 45.2 Å². The van der Waals surface area contributed by atoms with Crippen molar-refractivity contribution in [2.75, 3.05) is 0 Å². The first kappa shape index (κ1) is 21.7. The minimum atomic E-state index is -0.712. The van der Waals surface area contributed by atoms with E-state index in [1.54, 1.807) is 23.3 Å². The van der Waals surface area contributed by atoms with Crippen LogP contribution >= 0.6 is 0 Å². The van der Waals surface area contributed by atoms with Crippen LogP contribution in [0.2, 0.25) is 0 Å². The fraction of sp³-hybridized carbons (Fsp3) is 0.304. The van der Waals surface area contributed by atoms with Gasteiger partial charge in [0.05, 0.1) is 0 Å². The molecule has 2 aliphatic rings. The first-order valence-electron chi connectivity index (χ1n) is 8.83. The summed E-state index contributed by atoms with van der Waals surface area (Å²) in [7, 11) is 0. The van der Waals surface area contributed by atoms with Gasteiger partial charge in [0.1, 0.15) is 0 Å². The van der Waals surface area contributed by atoms with Gasteiger partial charge in [-0.1, -0.05) is 0 Å². The Labute approximate surface area is 181 Å². The summed E-state index contributed by atoms with van der Waals surface area (Å²) in [6, 6.07) is 15.9. The van der Waals surface area contributed by atoms with Gasteiger partial charge in [0.25, 0.3) is 0 Å². The van der Waals surface area contributed by atoms with Crippen molar-refractivity contribution in [3.63, 3.8) is 0 Å². The van der Waals surface area contributed by atoms with E-state index >= 15 is 0 Å². The molecule has 0 N–H and O–H groups in total. The second-order valence-corrected chi connectivity index (χ2v) is 11.4. The van der Waals surface area contributed by atoms with E-state index in [-0.39, 0.29) is 30.2 Å². The first-order valence-corrected chi connectivity index (χ1v) is 11.3. The molecule has 4 rings (SSSR count). The van der Waals surface area contributed by atoms with Gasteiger partial charge in [-0.2, -0.15) is 0 Å². The van der Waals surface area contributed by atoms with E-state index in [2.05, 4.69) is 76.2 Å². The third kappa shape index (κ3) is 3.82. The zero-order chi connectivity index (χ0) is 16.9. The number of fused-ring (bicyclic) bond motifs is 3. The van der Waals surface area contributed by atoms with Crippen LogP contribution in [-0.4, -0.2) is 0 Å². The number of hydrogen-bond donors (Lipinski definition) is 0. The maximum Gasteiger partial charge on any atom is -1.00 e. The normalized spacial score (nSPS) is 14.7. The summed E-state index contributed by atoms with van der Waals surface area (Å²) in [4.78, 5) is 0. The molecular weight excluding hydrogens is 438 g/mol.